The first-order chi connectivity index (χ1) is 13.0. The zero-order valence-corrected chi connectivity index (χ0v) is 16.9. The first-order valence-corrected chi connectivity index (χ1v) is 10.0. The van der Waals surface area contributed by atoms with E-state index in [1.54, 1.807) is 0 Å². The number of hydrogen-bond donors (Lipinski definition) is 0. The molecule has 1 heterocycles. The summed E-state index contributed by atoms with van der Waals surface area (Å²) in [5.74, 6) is 0.373. The molecule has 3 heteroatoms. The van der Waals surface area contributed by atoms with Gasteiger partial charge in [-0.15, -0.1) is 11.3 Å². The maximum absolute atomic E-state index is 11.4. The van der Waals surface area contributed by atoms with Crippen molar-refractivity contribution >= 4 is 38.2 Å². The minimum atomic E-state index is -0.283. The van der Waals surface area contributed by atoms with Crippen molar-refractivity contribution in [3.63, 3.8) is 0 Å². The highest BCUT2D eigenvalue weighted by Gasteiger charge is 2.16. The van der Waals surface area contributed by atoms with Gasteiger partial charge in [0.25, 0.3) is 0 Å². The molecule has 0 amide bonds. The standard InChI is InChI=1S/C24H22O2S/c1-5-17-12-19(10-11-21(17)26-16(4)25)24-20-9-7-6-8-18(20)13-22-23(24)14(2)15(3)27-22/h6-13H,5H2,1-4H3. The first-order valence-electron chi connectivity index (χ1n) is 9.22. The van der Waals surface area contributed by atoms with Crippen LogP contribution in [-0.4, -0.2) is 5.97 Å². The number of ether oxygens (including phenoxy) is 1. The number of rotatable bonds is 3. The Labute approximate surface area is 163 Å². The molecule has 0 bridgehead atoms. The summed E-state index contributed by atoms with van der Waals surface area (Å²) < 4.78 is 6.71. The average Bonchev–Trinajstić information content (AvgIpc) is 2.93. The molecule has 27 heavy (non-hydrogen) atoms. The largest absolute Gasteiger partial charge is 0.426 e. The van der Waals surface area contributed by atoms with Gasteiger partial charge in [-0.3, -0.25) is 4.79 Å². The number of benzene rings is 3. The molecular weight excluding hydrogens is 352 g/mol. The molecule has 0 aliphatic carbocycles. The Bertz CT molecular complexity index is 1180. The molecule has 0 saturated heterocycles. The summed E-state index contributed by atoms with van der Waals surface area (Å²) in [5, 5.41) is 3.84. The van der Waals surface area contributed by atoms with Crippen molar-refractivity contribution in [3.05, 3.63) is 64.5 Å². The lowest BCUT2D eigenvalue weighted by Gasteiger charge is -2.14. The van der Waals surface area contributed by atoms with Crippen molar-refractivity contribution in [1.29, 1.82) is 0 Å². The smallest absolute Gasteiger partial charge is 0.308 e. The van der Waals surface area contributed by atoms with E-state index in [1.165, 1.54) is 49.3 Å². The molecule has 0 fully saturated rings. The minimum absolute atomic E-state index is 0.283. The minimum Gasteiger partial charge on any atom is -0.426 e. The highest BCUT2D eigenvalue weighted by molar-refractivity contribution is 7.19. The molecule has 4 rings (SSSR count). The Balaban J connectivity index is 2.06. The number of fused-ring (bicyclic) bond motifs is 2. The van der Waals surface area contributed by atoms with E-state index in [9.17, 15) is 4.79 Å². The van der Waals surface area contributed by atoms with Gasteiger partial charge in [0.2, 0.25) is 0 Å². The molecule has 1 aromatic heterocycles. The van der Waals surface area contributed by atoms with Crippen molar-refractivity contribution in [2.75, 3.05) is 0 Å². The molecule has 4 aromatic rings. The summed E-state index contributed by atoms with van der Waals surface area (Å²) in [7, 11) is 0. The van der Waals surface area contributed by atoms with Crippen molar-refractivity contribution in [3.8, 4) is 16.9 Å². The third-order valence-corrected chi connectivity index (χ3v) is 6.32. The van der Waals surface area contributed by atoms with Crippen molar-refractivity contribution in [2.45, 2.75) is 34.1 Å². The Morgan fingerprint density at radius 1 is 1.07 bits per heavy atom. The molecule has 136 valence electrons. The van der Waals surface area contributed by atoms with Crippen molar-refractivity contribution in [1.82, 2.24) is 0 Å². The molecule has 3 aromatic carbocycles. The predicted molar refractivity (Wildman–Crippen MR) is 115 cm³/mol. The van der Waals surface area contributed by atoms with Crippen LogP contribution < -0.4 is 4.74 Å². The highest BCUT2D eigenvalue weighted by Crippen LogP contribution is 2.43. The van der Waals surface area contributed by atoms with Crippen LogP contribution in [0.5, 0.6) is 5.75 Å². The quantitative estimate of drug-likeness (QED) is 0.290. The molecule has 0 aliphatic rings. The molecule has 0 N–H and O–H groups in total. The SMILES string of the molecule is CCc1cc(-c2c3ccccc3cc3sc(C)c(C)c23)ccc1OC(C)=O. The van der Waals surface area contributed by atoms with Gasteiger partial charge in [0.15, 0.2) is 0 Å². The van der Waals surface area contributed by atoms with Gasteiger partial charge in [-0.2, -0.15) is 0 Å². The van der Waals surface area contributed by atoms with Crippen molar-refractivity contribution < 1.29 is 9.53 Å². The third-order valence-electron chi connectivity index (χ3n) is 5.16. The van der Waals surface area contributed by atoms with E-state index in [0.29, 0.717) is 5.75 Å². The Morgan fingerprint density at radius 3 is 2.59 bits per heavy atom. The highest BCUT2D eigenvalue weighted by atomic mass is 32.1. The summed E-state index contributed by atoms with van der Waals surface area (Å²) in [5.41, 5.74) is 4.84. The molecule has 0 unspecified atom stereocenters. The Hall–Kier alpha value is -2.65. The Morgan fingerprint density at radius 2 is 1.85 bits per heavy atom. The number of hydrogen-bond acceptors (Lipinski definition) is 3. The van der Waals surface area contributed by atoms with Gasteiger partial charge >= 0.3 is 5.97 Å². The third kappa shape index (κ3) is 3.02. The lowest BCUT2D eigenvalue weighted by Crippen LogP contribution is -2.03. The second kappa shape index (κ2) is 6.82. The van der Waals surface area contributed by atoms with E-state index < -0.39 is 0 Å². The molecule has 0 spiro atoms. The van der Waals surface area contributed by atoms with Gasteiger partial charge < -0.3 is 4.74 Å². The maximum Gasteiger partial charge on any atom is 0.308 e. The Kier molecular flexibility index (Phi) is 4.48. The fourth-order valence-corrected chi connectivity index (χ4v) is 4.89. The molecule has 0 aliphatic heterocycles. The van der Waals surface area contributed by atoms with Gasteiger partial charge in [0, 0.05) is 21.9 Å². The van der Waals surface area contributed by atoms with Gasteiger partial charge in [-0.1, -0.05) is 37.3 Å². The lowest BCUT2D eigenvalue weighted by atomic mass is 9.91. The second-order valence-electron chi connectivity index (χ2n) is 6.90. The lowest BCUT2D eigenvalue weighted by molar-refractivity contribution is -0.131. The van der Waals surface area contributed by atoms with Crippen LogP contribution >= 0.6 is 11.3 Å². The number of carbonyl (C=O) groups is 1. The van der Waals surface area contributed by atoms with Crippen LogP contribution in [-0.2, 0) is 11.2 Å². The van der Waals surface area contributed by atoms with Gasteiger partial charge in [0.1, 0.15) is 5.75 Å². The van der Waals surface area contributed by atoms with Gasteiger partial charge in [-0.05, 0) is 71.5 Å². The zero-order valence-electron chi connectivity index (χ0n) is 16.1. The summed E-state index contributed by atoms with van der Waals surface area (Å²) >= 11 is 1.85. The van der Waals surface area contributed by atoms with Crippen LogP contribution in [0, 0.1) is 13.8 Å². The fraction of sp³-hybridized carbons (Fsp3) is 0.208. The summed E-state index contributed by atoms with van der Waals surface area (Å²) in [4.78, 5) is 12.8. The van der Waals surface area contributed by atoms with Crippen molar-refractivity contribution in [2.24, 2.45) is 0 Å². The molecule has 0 saturated carbocycles. The topological polar surface area (TPSA) is 26.3 Å². The molecular formula is C24H22O2S. The summed E-state index contributed by atoms with van der Waals surface area (Å²) in [6.45, 7) is 7.93. The maximum atomic E-state index is 11.4. The van der Waals surface area contributed by atoms with E-state index in [2.05, 4.69) is 63.2 Å². The fourth-order valence-electron chi connectivity index (χ4n) is 3.76. The summed E-state index contributed by atoms with van der Waals surface area (Å²) in [6, 6.07) is 17.0. The second-order valence-corrected chi connectivity index (χ2v) is 8.16. The van der Waals surface area contributed by atoms with E-state index in [-0.39, 0.29) is 5.97 Å². The van der Waals surface area contributed by atoms with Crippen LogP contribution in [0.4, 0.5) is 0 Å². The van der Waals surface area contributed by atoms with Crippen LogP contribution in [0.15, 0.2) is 48.5 Å². The van der Waals surface area contributed by atoms with Gasteiger partial charge in [0.05, 0.1) is 0 Å². The van der Waals surface area contributed by atoms with E-state index in [4.69, 9.17) is 4.74 Å². The van der Waals surface area contributed by atoms with Crippen LogP contribution in [0.25, 0.3) is 32.0 Å². The average molecular weight is 375 g/mol. The monoisotopic (exact) mass is 374 g/mol. The molecule has 0 atom stereocenters. The van der Waals surface area contributed by atoms with Gasteiger partial charge in [-0.25, -0.2) is 0 Å². The molecule has 2 nitrogen and oxygen atoms in total. The van der Waals surface area contributed by atoms with Crippen LogP contribution in [0.3, 0.4) is 0 Å². The summed E-state index contributed by atoms with van der Waals surface area (Å²) in [6.07, 6.45) is 0.812. The van der Waals surface area contributed by atoms with E-state index in [0.717, 1.165) is 12.0 Å². The number of aryl methyl sites for hydroxylation is 3. The number of esters is 1. The normalized spacial score (nSPS) is 11.3. The number of thiophene rings is 1. The van der Waals surface area contributed by atoms with E-state index >= 15 is 0 Å². The number of carbonyl (C=O) groups excluding carboxylic acids is 1. The zero-order chi connectivity index (χ0) is 19.1. The van der Waals surface area contributed by atoms with Crippen LogP contribution in [0.2, 0.25) is 0 Å². The predicted octanol–water partition coefficient (Wildman–Crippen LogP) is 6.83. The molecule has 0 radical (unpaired) electrons. The van der Waals surface area contributed by atoms with Crippen LogP contribution in [0.1, 0.15) is 29.9 Å². The van der Waals surface area contributed by atoms with E-state index in [1.807, 2.05) is 17.4 Å². The first kappa shape index (κ1) is 17.7.